The lowest BCUT2D eigenvalue weighted by Gasteiger charge is -2.14. The van der Waals surface area contributed by atoms with Crippen molar-refractivity contribution in [2.45, 2.75) is 66.8 Å². The lowest BCUT2D eigenvalue weighted by molar-refractivity contribution is 0.0941. The molecule has 1 amide bonds. The number of thiophene rings is 1. The zero-order valence-corrected chi connectivity index (χ0v) is 15.8. The predicted molar refractivity (Wildman–Crippen MR) is 97.2 cm³/mol. The number of hydrogen-bond acceptors (Lipinski definition) is 4. The predicted octanol–water partition coefficient (Wildman–Crippen LogP) is 4.56. The minimum absolute atomic E-state index is 0.0135. The van der Waals surface area contributed by atoms with Crippen LogP contribution in [0.1, 0.15) is 66.8 Å². The Kier molecular flexibility index (Phi) is 5.74. The first-order valence-corrected chi connectivity index (χ1v) is 9.16. The highest BCUT2D eigenvalue weighted by Gasteiger charge is 2.19. The van der Waals surface area contributed by atoms with Crippen molar-refractivity contribution >= 4 is 27.5 Å². The van der Waals surface area contributed by atoms with Gasteiger partial charge in [-0.25, -0.2) is 9.97 Å². The first-order chi connectivity index (χ1) is 10.8. The largest absolute Gasteiger partial charge is 0.349 e. The van der Waals surface area contributed by atoms with E-state index in [0.717, 1.165) is 45.0 Å². The van der Waals surface area contributed by atoms with Gasteiger partial charge < -0.3 is 5.32 Å². The standard InChI is InChI=1S/C18H27N3OS/c1-10(2)8-7-9-11(3)19-17(22)16-12(4)15-13(5)20-14(6)21-18(15)23-16/h10-11H,7-9H2,1-6H3,(H,19,22). The van der Waals surface area contributed by atoms with E-state index >= 15 is 0 Å². The van der Waals surface area contributed by atoms with Crippen LogP contribution in [0, 0.1) is 26.7 Å². The van der Waals surface area contributed by atoms with Crippen molar-refractivity contribution in [2.75, 3.05) is 0 Å². The number of aromatic nitrogens is 2. The molecule has 0 aliphatic rings. The number of rotatable bonds is 6. The lowest BCUT2D eigenvalue weighted by atomic mass is 10.0. The summed E-state index contributed by atoms with van der Waals surface area (Å²) in [5, 5.41) is 4.16. The third-order valence-corrected chi connectivity index (χ3v) is 5.27. The van der Waals surface area contributed by atoms with Gasteiger partial charge >= 0.3 is 0 Å². The zero-order chi connectivity index (χ0) is 17.1. The van der Waals surface area contributed by atoms with Gasteiger partial charge in [0.05, 0.1) is 4.88 Å². The Labute approximate surface area is 142 Å². The quantitative estimate of drug-likeness (QED) is 0.843. The molecule has 0 saturated carbocycles. The van der Waals surface area contributed by atoms with Gasteiger partial charge in [0, 0.05) is 17.1 Å². The molecule has 1 N–H and O–H groups in total. The molecule has 23 heavy (non-hydrogen) atoms. The first-order valence-electron chi connectivity index (χ1n) is 8.34. The summed E-state index contributed by atoms with van der Waals surface area (Å²) in [5.74, 6) is 1.48. The number of amides is 1. The molecule has 0 aromatic carbocycles. The summed E-state index contributed by atoms with van der Waals surface area (Å²) in [6, 6.07) is 0.194. The van der Waals surface area contributed by atoms with Gasteiger partial charge in [0.2, 0.25) is 0 Å². The molecule has 2 rings (SSSR count). The molecule has 2 heterocycles. The van der Waals surface area contributed by atoms with Crippen molar-refractivity contribution in [3.63, 3.8) is 0 Å². The Morgan fingerprint density at radius 1 is 1.13 bits per heavy atom. The Bertz CT molecular complexity index is 706. The van der Waals surface area contributed by atoms with Crippen LogP contribution in [-0.2, 0) is 0 Å². The zero-order valence-electron chi connectivity index (χ0n) is 15.0. The molecule has 1 atom stereocenters. The Hall–Kier alpha value is -1.49. The van der Waals surface area contributed by atoms with Gasteiger partial charge in [-0.15, -0.1) is 11.3 Å². The van der Waals surface area contributed by atoms with Crippen molar-refractivity contribution in [1.29, 1.82) is 0 Å². The lowest BCUT2D eigenvalue weighted by Crippen LogP contribution is -2.32. The fraction of sp³-hybridized carbons (Fsp3) is 0.611. The van der Waals surface area contributed by atoms with E-state index in [0.29, 0.717) is 5.92 Å². The topological polar surface area (TPSA) is 54.9 Å². The van der Waals surface area contributed by atoms with Crippen molar-refractivity contribution in [3.05, 3.63) is 22.0 Å². The van der Waals surface area contributed by atoms with Crippen LogP contribution in [-0.4, -0.2) is 21.9 Å². The molecule has 0 spiro atoms. The highest BCUT2D eigenvalue weighted by Crippen LogP contribution is 2.31. The maximum Gasteiger partial charge on any atom is 0.261 e. The van der Waals surface area contributed by atoms with E-state index in [9.17, 15) is 4.79 Å². The number of nitrogens with one attached hydrogen (secondary N) is 1. The van der Waals surface area contributed by atoms with Gasteiger partial charge in [-0.3, -0.25) is 4.79 Å². The number of carbonyl (C=O) groups excluding carboxylic acids is 1. The van der Waals surface area contributed by atoms with E-state index in [2.05, 4.69) is 36.1 Å². The van der Waals surface area contributed by atoms with Crippen LogP contribution in [0.3, 0.4) is 0 Å². The van der Waals surface area contributed by atoms with Crippen LogP contribution in [0.2, 0.25) is 0 Å². The summed E-state index contributed by atoms with van der Waals surface area (Å²) >= 11 is 1.47. The van der Waals surface area contributed by atoms with Gasteiger partial charge in [0.15, 0.2) is 0 Å². The van der Waals surface area contributed by atoms with E-state index < -0.39 is 0 Å². The SMILES string of the molecule is Cc1nc(C)c2c(C)c(C(=O)NC(C)CCCC(C)C)sc2n1. The summed E-state index contributed by atoms with van der Waals surface area (Å²) in [6.45, 7) is 12.4. The van der Waals surface area contributed by atoms with Crippen molar-refractivity contribution in [2.24, 2.45) is 5.92 Å². The average Bonchev–Trinajstić information content (AvgIpc) is 2.75. The molecule has 5 heteroatoms. The number of nitrogens with zero attached hydrogens (tertiary/aromatic N) is 2. The Balaban J connectivity index is 2.12. The monoisotopic (exact) mass is 333 g/mol. The second-order valence-electron chi connectivity index (χ2n) is 6.79. The molecule has 2 aromatic rings. The van der Waals surface area contributed by atoms with E-state index in [1.807, 2.05) is 20.8 Å². The van der Waals surface area contributed by atoms with Crippen LogP contribution in [0.4, 0.5) is 0 Å². The number of fused-ring (bicyclic) bond motifs is 1. The molecular weight excluding hydrogens is 306 g/mol. The number of aryl methyl sites for hydroxylation is 3. The van der Waals surface area contributed by atoms with E-state index in [-0.39, 0.29) is 11.9 Å². The molecule has 2 aromatic heterocycles. The molecule has 1 unspecified atom stereocenters. The second-order valence-corrected chi connectivity index (χ2v) is 7.79. The summed E-state index contributed by atoms with van der Waals surface area (Å²) in [7, 11) is 0. The van der Waals surface area contributed by atoms with Crippen LogP contribution >= 0.6 is 11.3 Å². The van der Waals surface area contributed by atoms with Gasteiger partial charge in [-0.05, 0) is 45.6 Å². The van der Waals surface area contributed by atoms with E-state index in [1.165, 1.54) is 17.8 Å². The smallest absolute Gasteiger partial charge is 0.261 e. The summed E-state index contributed by atoms with van der Waals surface area (Å²) in [4.78, 5) is 23.2. The van der Waals surface area contributed by atoms with E-state index in [4.69, 9.17) is 0 Å². The first kappa shape index (κ1) is 17.9. The second kappa shape index (κ2) is 7.39. The fourth-order valence-electron chi connectivity index (χ4n) is 2.88. The normalized spacial score (nSPS) is 12.8. The van der Waals surface area contributed by atoms with Gasteiger partial charge in [-0.2, -0.15) is 0 Å². The van der Waals surface area contributed by atoms with Crippen LogP contribution in [0.25, 0.3) is 10.2 Å². The maximum atomic E-state index is 12.6. The molecule has 0 saturated heterocycles. The molecular formula is C18H27N3OS. The molecule has 4 nitrogen and oxygen atoms in total. The minimum Gasteiger partial charge on any atom is -0.349 e. The highest BCUT2D eigenvalue weighted by molar-refractivity contribution is 7.20. The molecule has 0 aliphatic heterocycles. The minimum atomic E-state index is 0.0135. The molecule has 0 radical (unpaired) electrons. The van der Waals surface area contributed by atoms with Gasteiger partial charge in [0.1, 0.15) is 10.7 Å². The van der Waals surface area contributed by atoms with Crippen LogP contribution in [0.5, 0.6) is 0 Å². The summed E-state index contributed by atoms with van der Waals surface area (Å²) in [5.41, 5.74) is 1.94. The van der Waals surface area contributed by atoms with Gasteiger partial charge in [-0.1, -0.05) is 26.7 Å². The Morgan fingerprint density at radius 2 is 1.83 bits per heavy atom. The molecule has 126 valence electrons. The molecule has 0 fully saturated rings. The Morgan fingerprint density at radius 3 is 2.48 bits per heavy atom. The average molecular weight is 334 g/mol. The van der Waals surface area contributed by atoms with Crippen molar-refractivity contribution in [1.82, 2.24) is 15.3 Å². The number of hydrogen-bond donors (Lipinski definition) is 1. The van der Waals surface area contributed by atoms with Crippen molar-refractivity contribution in [3.8, 4) is 0 Å². The third-order valence-electron chi connectivity index (χ3n) is 4.09. The maximum absolute atomic E-state index is 12.6. The van der Waals surface area contributed by atoms with Crippen LogP contribution in [0.15, 0.2) is 0 Å². The van der Waals surface area contributed by atoms with Crippen molar-refractivity contribution < 1.29 is 4.79 Å². The summed E-state index contributed by atoms with van der Waals surface area (Å²) in [6.07, 6.45) is 3.37. The third kappa shape index (κ3) is 4.28. The van der Waals surface area contributed by atoms with Gasteiger partial charge in [0.25, 0.3) is 5.91 Å². The molecule has 0 aliphatic carbocycles. The molecule has 0 bridgehead atoms. The fourth-order valence-corrected chi connectivity index (χ4v) is 4.06. The summed E-state index contributed by atoms with van der Waals surface area (Å²) < 4.78 is 0. The van der Waals surface area contributed by atoms with E-state index in [1.54, 1.807) is 0 Å². The van der Waals surface area contributed by atoms with Crippen LogP contribution < -0.4 is 5.32 Å². The highest BCUT2D eigenvalue weighted by atomic mass is 32.1. The number of carbonyl (C=O) groups is 1.